The minimum atomic E-state index is -0.846. The normalized spacial score (nSPS) is 11.2. The van der Waals surface area contributed by atoms with Crippen molar-refractivity contribution in [2.45, 2.75) is 27.2 Å². The number of hydrogen-bond acceptors (Lipinski definition) is 5. The Bertz CT molecular complexity index is 813. The summed E-state index contributed by atoms with van der Waals surface area (Å²) in [5, 5.41) is 9.77. The number of rotatable bonds is 7. The second kappa shape index (κ2) is 8.33. The van der Waals surface area contributed by atoms with Crippen LogP contribution in [0.5, 0.6) is 11.5 Å². The zero-order valence-corrected chi connectivity index (χ0v) is 14.6. The molecule has 25 heavy (non-hydrogen) atoms. The van der Waals surface area contributed by atoms with Gasteiger partial charge in [0.05, 0.1) is 6.61 Å². The van der Waals surface area contributed by atoms with E-state index >= 15 is 0 Å². The van der Waals surface area contributed by atoms with Gasteiger partial charge in [-0.05, 0) is 43.0 Å². The predicted octanol–water partition coefficient (Wildman–Crippen LogP) is 3.97. The molecule has 2 aromatic rings. The van der Waals surface area contributed by atoms with Crippen LogP contribution < -0.4 is 10.4 Å². The molecule has 132 valence electrons. The van der Waals surface area contributed by atoms with Gasteiger partial charge in [-0.3, -0.25) is 4.79 Å². The SMILES string of the molecule is Cc1cc(O)c(C(=O)/C=C/c2ccc(OCCC(C)C)cc2)c(=O)o1. The largest absolute Gasteiger partial charge is 0.507 e. The Balaban J connectivity index is 2.04. The highest BCUT2D eigenvalue weighted by atomic mass is 16.5. The maximum absolute atomic E-state index is 12.1. The Morgan fingerprint density at radius 1 is 1.28 bits per heavy atom. The lowest BCUT2D eigenvalue weighted by Gasteiger charge is -2.08. The molecule has 1 N–H and O–H groups in total. The molecule has 5 heteroatoms. The molecule has 0 aliphatic heterocycles. The van der Waals surface area contributed by atoms with Crippen molar-refractivity contribution in [3.8, 4) is 11.5 Å². The summed E-state index contributed by atoms with van der Waals surface area (Å²) < 4.78 is 10.5. The molecule has 0 saturated heterocycles. The number of hydrogen-bond donors (Lipinski definition) is 1. The lowest BCUT2D eigenvalue weighted by atomic mass is 10.1. The second-order valence-electron chi connectivity index (χ2n) is 6.20. The minimum Gasteiger partial charge on any atom is -0.507 e. The van der Waals surface area contributed by atoms with E-state index < -0.39 is 11.4 Å². The van der Waals surface area contributed by atoms with Crippen molar-refractivity contribution in [3.63, 3.8) is 0 Å². The van der Waals surface area contributed by atoms with Crippen LogP contribution in [0.15, 0.2) is 45.6 Å². The molecule has 1 aromatic heterocycles. The molecule has 0 unspecified atom stereocenters. The van der Waals surface area contributed by atoms with E-state index in [2.05, 4.69) is 13.8 Å². The minimum absolute atomic E-state index is 0.246. The summed E-state index contributed by atoms with van der Waals surface area (Å²) in [6.07, 6.45) is 3.79. The Morgan fingerprint density at radius 2 is 1.96 bits per heavy atom. The molecule has 0 fully saturated rings. The van der Waals surface area contributed by atoms with Gasteiger partial charge in [-0.2, -0.15) is 0 Å². The van der Waals surface area contributed by atoms with Gasteiger partial charge in [0.15, 0.2) is 5.78 Å². The quantitative estimate of drug-likeness (QED) is 0.608. The van der Waals surface area contributed by atoms with E-state index in [9.17, 15) is 14.7 Å². The summed E-state index contributed by atoms with van der Waals surface area (Å²) >= 11 is 0. The van der Waals surface area contributed by atoms with E-state index in [1.165, 1.54) is 19.1 Å². The van der Waals surface area contributed by atoms with Crippen molar-refractivity contribution in [2.24, 2.45) is 5.92 Å². The van der Waals surface area contributed by atoms with Gasteiger partial charge in [-0.15, -0.1) is 0 Å². The van der Waals surface area contributed by atoms with Gasteiger partial charge in [0, 0.05) is 6.07 Å². The fourth-order valence-electron chi connectivity index (χ4n) is 2.17. The van der Waals surface area contributed by atoms with Gasteiger partial charge in [0.2, 0.25) is 0 Å². The Labute approximate surface area is 146 Å². The number of allylic oxidation sites excluding steroid dienone is 1. The number of ketones is 1. The highest BCUT2D eigenvalue weighted by Crippen LogP contribution is 2.17. The zero-order valence-electron chi connectivity index (χ0n) is 14.6. The van der Waals surface area contributed by atoms with Crippen LogP contribution in [0.3, 0.4) is 0 Å². The lowest BCUT2D eigenvalue weighted by molar-refractivity contribution is 0.104. The highest BCUT2D eigenvalue weighted by Gasteiger charge is 2.15. The van der Waals surface area contributed by atoms with Crippen LogP contribution in [-0.2, 0) is 0 Å². The number of aryl methyl sites for hydroxylation is 1. The van der Waals surface area contributed by atoms with E-state index in [-0.39, 0.29) is 17.1 Å². The van der Waals surface area contributed by atoms with Crippen LogP contribution in [0.2, 0.25) is 0 Å². The van der Waals surface area contributed by atoms with E-state index in [0.29, 0.717) is 12.5 Å². The molecule has 0 radical (unpaired) electrons. The van der Waals surface area contributed by atoms with Crippen molar-refractivity contribution >= 4 is 11.9 Å². The third-order valence-electron chi connectivity index (χ3n) is 3.57. The van der Waals surface area contributed by atoms with Gasteiger partial charge < -0.3 is 14.3 Å². The lowest BCUT2D eigenvalue weighted by Crippen LogP contribution is -2.12. The van der Waals surface area contributed by atoms with Crippen molar-refractivity contribution in [1.82, 2.24) is 0 Å². The molecule has 2 rings (SSSR count). The summed E-state index contributed by atoms with van der Waals surface area (Å²) in [6, 6.07) is 8.51. The Hall–Kier alpha value is -2.82. The van der Waals surface area contributed by atoms with Gasteiger partial charge in [0.25, 0.3) is 0 Å². The predicted molar refractivity (Wildman–Crippen MR) is 96.1 cm³/mol. The van der Waals surface area contributed by atoms with Crippen LogP contribution in [0.1, 0.15) is 41.9 Å². The maximum Gasteiger partial charge on any atom is 0.351 e. The standard InChI is InChI=1S/C20H22O5/c1-13(2)10-11-24-16-7-4-15(5-8-16)6-9-17(21)19-18(22)12-14(3)25-20(19)23/h4-9,12-13,22H,10-11H2,1-3H3/b9-6+. The summed E-state index contributed by atoms with van der Waals surface area (Å²) in [5.74, 6) is 0.613. The average molecular weight is 342 g/mol. The Morgan fingerprint density at radius 3 is 2.56 bits per heavy atom. The highest BCUT2D eigenvalue weighted by molar-refractivity contribution is 6.08. The summed E-state index contributed by atoms with van der Waals surface area (Å²) in [6.45, 7) is 6.46. The first-order chi connectivity index (χ1) is 11.9. The molecule has 0 saturated carbocycles. The molecular formula is C20H22O5. The summed E-state index contributed by atoms with van der Waals surface area (Å²) in [5.41, 5.74) is -0.433. The van der Waals surface area contributed by atoms with E-state index in [4.69, 9.17) is 9.15 Å². The van der Waals surface area contributed by atoms with Gasteiger partial charge in [0.1, 0.15) is 22.8 Å². The summed E-state index contributed by atoms with van der Waals surface area (Å²) in [7, 11) is 0. The van der Waals surface area contributed by atoms with Crippen molar-refractivity contribution < 1.29 is 19.1 Å². The van der Waals surface area contributed by atoms with Crippen LogP contribution in [0.4, 0.5) is 0 Å². The van der Waals surface area contributed by atoms with Crippen molar-refractivity contribution in [3.05, 3.63) is 63.7 Å². The topological polar surface area (TPSA) is 76.7 Å². The molecular weight excluding hydrogens is 320 g/mol. The van der Waals surface area contributed by atoms with E-state index in [1.807, 2.05) is 24.3 Å². The van der Waals surface area contributed by atoms with Gasteiger partial charge in [-0.1, -0.05) is 32.1 Å². The first-order valence-electron chi connectivity index (χ1n) is 8.16. The van der Waals surface area contributed by atoms with Crippen LogP contribution in [-0.4, -0.2) is 17.5 Å². The van der Waals surface area contributed by atoms with Crippen molar-refractivity contribution in [1.29, 1.82) is 0 Å². The van der Waals surface area contributed by atoms with Crippen molar-refractivity contribution in [2.75, 3.05) is 6.61 Å². The molecule has 0 atom stereocenters. The fraction of sp³-hybridized carbons (Fsp3) is 0.300. The molecule has 0 aliphatic carbocycles. The first-order valence-corrected chi connectivity index (χ1v) is 8.16. The molecule has 0 aliphatic rings. The number of ether oxygens (including phenoxy) is 1. The molecule has 1 aromatic carbocycles. The third-order valence-corrected chi connectivity index (χ3v) is 3.57. The molecule has 5 nitrogen and oxygen atoms in total. The average Bonchev–Trinajstić information content (AvgIpc) is 2.53. The molecule has 0 spiro atoms. The van der Waals surface area contributed by atoms with E-state index in [1.54, 1.807) is 6.08 Å². The fourth-order valence-corrected chi connectivity index (χ4v) is 2.17. The number of carbonyl (C=O) groups is 1. The van der Waals surface area contributed by atoms with Crippen LogP contribution in [0.25, 0.3) is 6.08 Å². The van der Waals surface area contributed by atoms with E-state index in [0.717, 1.165) is 17.7 Å². The number of carbonyl (C=O) groups excluding carboxylic acids is 1. The number of aromatic hydroxyl groups is 1. The van der Waals surface area contributed by atoms with Gasteiger partial charge >= 0.3 is 5.63 Å². The zero-order chi connectivity index (χ0) is 18.4. The molecule has 0 bridgehead atoms. The molecule has 0 amide bonds. The van der Waals surface area contributed by atoms with Gasteiger partial charge in [-0.25, -0.2) is 4.79 Å². The van der Waals surface area contributed by atoms with Crippen LogP contribution >= 0.6 is 0 Å². The second-order valence-corrected chi connectivity index (χ2v) is 6.20. The Kier molecular flexibility index (Phi) is 6.17. The smallest absolute Gasteiger partial charge is 0.351 e. The van der Waals surface area contributed by atoms with Crippen LogP contribution in [0, 0.1) is 12.8 Å². The monoisotopic (exact) mass is 342 g/mol. The molecule has 1 heterocycles. The summed E-state index contributed by atoms with van der Waals surface area (Å²) in [4.78, 5) is 23.8. The third kappa shape index (κ3) is 5.35. The maximum atomic E-state index is 12.1. The first kappa shape index (κ1) is 18.5. The number of benzene rings is 1.